The van der Waals surface area contributed by atoms with Gasteiger partial charge < -0.3 is 14.2 Å². The molecule has 2 saturated heterocycles. The molecule has 0 aliphatic carbocycles. The van der Waals surface area contributed by atoms with E-state index in [4.69, 9.17) is 14.2 Å². The molecule has 0 aromatic rings. The molecule has 0 aromatic heterocycles. The van der Waals surface area contributed by atoms with Crippen molar-refractivity contribution in [3.05, 3.63) is 0 Å². The Hall–Kier alpha value is -0.120. The Kier molecular flexibility index (Phi) is 1.44. The van der Waals surface area contributed by atoms with Gasteiger partial charge in [-0.1, -0.05) is 0 Å². The van der Waals surface area contributed by atoms with E-state index in [1.807, 2.05) is 6.92 Å². The molecule has 2 fully saturated rings. The van der Waals surface area contributed by atoms with Crippen molar-refractivity contribution in [1.82, 2.24) is 0 Å². The number of methoxy groups -OCH3 is 1. The highest BCUT2D eigenvalue weighted by Gasteiger charge is 2.50. The zero-order chi connectivity index (χ0) is 7.14. The van der Waals surface area contributed by atoms with Gasteiger partial charge in [0.15, 0.2) is 6.29 Å². The minimum Gasteiger partial charge on any atom is -0.364 e. The van der Waals surface area contributed by atoms with Gasteiger partial charge in [0.25, 0.3) is 0 Å². The van der Waals surface area contributed by atoms with E-state index in [1.54, 1.807) is 7.11 Å². The molecular weight excluding hydrogens is 132 g/mol. The third kappa shape index (κ3) is 0.944. The molecule has 2 rings (SSSR count). The third-order valence-corrected chi connectivity index (χ3v) is 2.05. The summed E-state index contributed by atoms with van der Waals surface area (Å²) in [6.07, 6.45) is 1.82. The summed E-state index contributed by atoms with van der Waals surface area (Å²) in [5, 5.41) is 0. The predicted octanol–water partition coefficient (Wildman–Crippen LogP) is 0.535. The molecule has 2 heterocycles. The van der Waals surface area contributed by atoms with E-state index < -0.39 is 0 Å². The number of fused-ring (bicyclic) bond motifs is 1. The van der Waals surface area contributed by atoms with Crippen LogP contribution in [0, 0.1) is 0 Å². The molecule has 2 aliphatic heterocycles. The van der Waals surface area contributed by atoms with E-state index in [2.05, 4.69) is 0 Å². The van der Waals surface area contributed by atoms with E-state index in [-0.39, 0.29) is 18.5 Å². The first-order valence-corrected chi connectivity index (χ1v) is 3.65. The van der Waals surface area contributed by atoms with Gasteiger partial charge in [0.1, 0.15) is 6.10 Å². The lowest BCUT2D eigenvalue weighted by molar-refractivity contribution is -0.168. The van der Waals surface area contributed by atoms with Crippen molar-refractivity contribution >= 4 is 0 Å². The Labute approximate surface area is 60.3 Å². The first-order valence-electron chi connectivity index (χ1n) is 3.65. The number of rotatable bonds is 1. The highest BCUT2D eigenvalue weighted by atomic mass is 16.7. The Bertz CT molecular complexity index is 137. The van der Waals surface area contributed by atoms with Gasteiger partial charge in [0.05, 0.1) is 12.2 Å². The highest BCUT2D eigenvalue weighted by Crippen LogP contribution is 2.36. The predicted molar refractivity (Wildman–Crippen MR) is 34.6 cm³/mol. The van der Waals surface area contributed by atoms with Crippen LogP contribution in [0.5, 0.6) is 0 Å². The number of hydrogen-bond acceptors (Lipinski definition) is 3. The molecule has 2 aliphatic rings. The van der Waals surface area contributed by atoms with Crippen LogP contribution in [0.4, 0.5) is 0 Å². The van der Waals surface area contributed by atoms with E-state index in [0.717, 1.165) is 6.42 Å². The first-order chi connectivity index (χ1) is 4.81. The monoisotopic (exact) mass is 144 g/mol. The van der Waals surface area contributed by atoms with Gasteiger partial charge >= 0.3 is 0 Å². The standard InChI is InChI=1S/C7H12O3/c1-4-3-5-6(10-5)7(8-2)9-4/h4-7H,3H2,1-2H3/t4-,5+,6+,7+/m1/s1. The fraction of sp³-hybridized carbons (Fsp3) is 1.00. The van der Waals surface area contributed by atoms with E-state index in [9.17, 15) is 0 Å². The molecule has 3 nitrogen and oxygen atoms in total. The molecule has 0 N–H and O–H groups in total. The SMILES string of the molecule is CO[C@H]1O[C@H](C)C[C@@H]2O[C@H]12. The van der Waals surface area contributed by atoms with Crippen LogP contribution in [0.3, 0.4) is 0 Å². The van der Waals surface area contributed by atoms with Crippen LogP contribution < -0.4 is 0 Å². The lowest BCUT2D eigenvalue weighted by atomic mass is 10.1. The summed E-state index contributed by atoms with van der Waals surface area (Å²) >= 11 is 0. The van der Waals surface area contributed by atoms with Crippen LogP contribution in [-0.4, -0.2) is 31.7 Å². The van der Waals surface area contributed by atoms with Crippen LogP contribution in [0.1, 0.15) is 13.3 Å². The van der Waals surface area contributed by atoms with Crippen molar-refractivity contribution in [1.29, 1.82) is 0 Å². The molecule has 0 aromatic carbocycles. The van der Waals surface area contributed by atoms with Gasteiger partial charge in [-0.3, -0.25) is 0 Å². The molecule has 10 heavy (non-hydrogen) atoms. The summed E-state index contributed by atoms with van der Waals surface area (Å²) < 4.78 is 15.8. The number of epoxide rings is 1. The zero-order valence-electron chi connectivity index (χ0n) is 6.24. The molecule has 0 radical (unpaired) electrons. The fourth-order valence-corrected chi connectivity index (χ4v) is 1.46. The van der Waals surface area contributed by atoms with Gasteiger partial charge in [0, 0.05) is 13.5 Å². The van der Waals surface area contributed by atoms with Crippen LogP contribution >= 0.6 is 0 Å². The second kappa shape index (κ2) is 2.19. The summed E-state index contributed by atoms with van der Waals surface area (Å²) in [7, 11) is 1.65. The second-order valence-corrected chi connectivity index (χ2v) is 2.93. The van der Waals surface area contributed by atoms with Crippen LogP contribution in [-0.2, 0) is 14.2 Å². The van der Waals surface area contributed by atoms with Crippen molar-refractivity contribution < 1.29 is 14.2 Å². The third-order valence-electron chi connectivity index (χ3n) is 2.05. The first kappa shape index (κ1) is 6.58. The van der Waals surface area contributed by atoms with Gasteiger partial charge in [0.2, 0.25) is 0 Å². The topological polar surface area (TPSA) is 31.0 Å². The molecule has 58 valence electrons. The second-order valence-electron chi connectivity index (χ2n) is 2.93. The smallest absolute Gasteiger partial charge is 0.186 e. The van der Waals surface area contributed by atoms with Crippen molar-refractivity contribution in [2.75, 3.05) is 7.11 Å². The highest BCUT2D eigenvalue weighted by molar-refractivity contribution is 4.92. The fourth-order valence-electron chi connectivity index (χ4n) is 1.46. The Morgan fingerprint density at radius 2 is 2.20 bits per heavy atom. The van der Waals surface area contributed by atoms with Crippen molar-refractivity contribution in [2.24, 2.45) is 0 Å². The molecule has 0 bridgehead atoms. The van der Waals surface area contributed by atoms with E-state index >= 15 is 0 Å². The Morgan fingerprint density at radius 3 is 2.90 bits per heavy atom. The van der Waals surface area contributed by atoms with Crippen LogP contribution in [0.2, 0.25) is 0 Å². The maximum Gasteiger partial charge on any atom is 0.186 e. The molecule has 3 heteroatoms. The maximum atomic E-state index is 5.44. The molecule has 0 spiro atoms. The Morgan fingerprint density at radius 1 is 1.40 bits per heavy atom. The van der Waals surface area contributed by atoms with Crippen LogP contribution in [0.25, 0.3) is 0 Å². The molecular formula is C7H12O3. The van der Waals surface area contributed by atoms with Gasteiger partial charge in [-0.25, -0.2) is 0 Å². The van der Waals surface area contributed by atoms with E-state index in [1.165, 1.54) is 0 Å². The minimum absolute atomic E-state index is 0.117. The average Bonchev–Trinajstić information content (AvgIpc) is 2.64. The summed E-state index contributed by atoms with van der Waals surface area (Å²) in [5.41, 5.74) is 0. The van der Waals surface area contributed by atoms with Crippen molar-refractivity contribution in [3.63, 3.8) is 0 Å². The lowest BCUT2D eigenvalue weighted by Crippen LogP contribution is -2.33. The Balaban J connectivity index is 1.96. The maximum absolute atomic E-state index is 5.44. The lowest BCUT2D eigenvalue weighted by Gasteiger charge is -2.22. The molecule has 0 amide bonds. The average molecular weight is 144 g/mol. The molecule has 4 atom stereocenters. The molecule has 0 saturated carbocycles. The van der Waals surface area contributed by atoms with Gasteiger partial charge in [-0.05, 0) is 6.92 Å². The largest absolute Gasteiger partial charge is 0.364 e. The number of ether oxygens (including phenoxy) is 3. The number of hydrogen-bond donors (Lipinski definition) is 0. The molecule has 0 unspecified atom stereocenters. The van der Waals surface area contributed by atoms with Crippen molar-refractivity contribution in [2.45, 2.75) is 37.9 Å². The summed E-state index contributed by atoms with van der Waals surface area (Å²) in [6.45, 7) is 2.05. The summed E-state index contributed by atoms with van der Waals surface area (Å²) in [5.74, 6) is 0. The quantitative estimate of drug-likeness (QED) is 0.503. The normalized spacial score (nSPS) is 52.2. The van der Waals surface area contributed by atoms with Gasteiger partial charge in [-0.2, -0.15) is 0 Å². The van der Waals surface area contributed by atoms with Crippen molar-refractivity contribution in [3.8, 4) is 0 Å². The van der Waals surface area contributed by atoms with Gasteiger partial charge in [-0.15, -0.1) is 0 Å². The zero-order valence-corrected chi connectivity index (χ0v) is 6.24. The van der Waals surface area contributed by atoms with E-state index in [0.29, 0.717) is 6.10 Å². The van der Waals surface area contributed by atoms with Crippen LogP contribution in [0.15, 0.2) is 0 Å². The minimum atomic E-state index is -0.117. The summed E-state index contributed by atoms with van der Waals surface area (Å²) in [6, 6.07) is 0. The summed E-state index contributed by atoms with van der Waals surface area (Å²) in [4.78, 5) is 0.